The van der Waals surface area contributed by atoms with E-state index in [0.717, 1.165) is 6.20 Å². The highest BCUT2D eigenvalue weighted by Gasteiger charge is 2.25. The minimum Gasteiger partial charge on any atom is -0.435 e. The van der Waals surface area contributed by atoms with Gasteiger partial charge in [0.1, 0.15) is 5.82 Å². The third-order valence-electron chi connectivity index (χ3n) is 5.15. The van der Waals surface area contributed by atoms with Crippen LogP contribution >= 0.6 is 11.6 Å². The largest absolute Gasteiger partial charge is 0.511 e. The number of carbonyl (C=O) groups excluding carboxylic acids is 3. The average Bonchev–Trinajstić information content (AvgIpc) is 3.32. The number of hydrogen-bond donors (Lipinski definition) is 3. The van der Waals surface area contributed by atoms with E-state index in [2.05, 4.69) is 25.1 Å². The molecule has 3 rings (SSSR count). The molecule has 12 nitrogen and oxygen atoms in total. The number of amides is 1. The Morgan fingerprint density at radius 2 is 1.87 bits per heavy atom. The second-order valence-electron chi connectivity index (χ2n) is 7.88. The topological polar surface area (TPSA) is 162 Å². The number of esters is 1. The number of aliphatic hydroxyl groups is 1. The first-order valence-corrected chi connectivity index (χ1v) is 11.6. The molecule has 2 aromatic carbocycles. The summed E-state index contributed by atoms with van der Waals surface area (Å²) < 4.78 is 28.0. The smallest absolute Gasteiger partial charge is 0.435 e. The van der Waals surface area contributed by atoms with Crippen molar-refractivity contribution in [1.82, 2.24) is 20.5 Å². The molecule has 1 heterocycles. The Hall–Kier alpha value is -4.23. The summed E-state index contributed by atoms with van der Waals surface area (Å²) in [6.07, 6.45) is -1.92. The number of benzene rings is 2. The fourth-order valence-electron chi connectivity index (χ4n) is 3.39. The van der Waals surface area contributed by atoms with Crippen LogP contribution in [0.2, 0.25) is 5.02 Å². The zero-order chi connectivity index (χ0) is 27.7. The van der Waals surface area contributed by atoms with Crippen LogP contribution in [-0.4, -0.2) is 69.0 Å². The molecule has 2 atom stereocenters. The van der Waals surface area contributed by atoms with Gasteiger partial charge in [-0.2, -0.15) is 0 Å². The third kappa shape index (κ3) is 8.15. The summed E-state index contributed by atoms with van der Waals surface area (Å²) in [4.78, 5) is 36.3. The summed E-state index contributed by atoms with van der Waals surface area (Å²) in [5, 5.41) is 29.4. The van der Waals surface area contributed by atoms with E-state index in [-0.39, 0.29) is 25.1 Å². The van der Waals surface area contributed by atoms with E-state index in [1.807, 2.05) is 0 Å². The number of aliphatic hydroxyl groups excluding tert-OH is 1. The lowest BCUT2D eigenvalue weighted by Gasteiger charge is -2.21. The Labute approximate surface area is 220 Å². The molecule has 14 heteroatoms. The lowest BCUT2D eigenvalue weighted by Crippen LogP contribution is -2.41. The maximum Gasteiger partial charge on any atom is 0.511 e. The molecule has 3 aromatic rings. The van der Waals surface area contributed by atoms with E-state index in [4.69, 9.17) is 16.3 Å². The van der Waals surface area contributed by atoms with Crippen molar-refractivity contribution in [2.24, 2.45) is 0 Å². The number of nitrogens with zero attached hydrogens (tertiary/aromatic N) is 3. The van der Waals surface area contributed by atoms with Crippen LogP contribution in [0.15, 0.2) is 48.7 Å². The SMILES string of the molecule is CCOC(=O)OCOC(=O)C(O)CC(Cc1ccc(-c2cc(Cl)ccc2F)cc1)NC(=O)c1cn(O)nn1. The highest BCUT2D eigenvalue weighted by Crippen LogP contribution is 2.26. The second-order valence-corrected chi connectivity index (χ2v) is 8.32. The van der Waals surface area contributed by atoms with Gasteiger partial charge in [0.05, 0.1) is 12.8 Å². The van der Waals surface area contributed by atoms with Crippen molar-refractivity contribution >= 4 is 29.6 Å². The van der Waals surface area contributed by atoms with Crippen LogP contribution in [0.1, 0.15) is 29.4 Å². The van der Waals surface area contributed by atoms with Crippen LogP contribution in [0.4, 0.5) is 9.18 Å². The molecule has 0 saturated carbocycles. The number of nitrogens with one attached hydrogen (secondary N) is 1. The second kappa shape index (κ2) is 13.4. The molecule has 0 bridgehead atoms. The molecule has 1 amide bonds. The lowest BCUT2D eigenvalue weighted by molar-refractivity contribution is -0.163. The molecule has 0 spiro atoms. The number of halogens is 2. The van der Waals surface area contributed by atoms with E-state index in [0.29, 0.717) is 26.6 Å². The fourth-order valence-corrected chi connectivity index (χ4v) is 3.56. The van der Waals surface area contributed by atoms with Crippen molar-refractivity contribution < 1.29 is 43.3 Å². The van der Waals surface area contributed by atoms with Crippen LogP contribution in [0.3, 0.4) is 0 Å². The van der Waals surface area contributed by atoms with Gasteiger partial charge < -0.3 is 29.8 Å². The number of hydrogen-bond acceptors (Lipinski definition) is 10. The minimum atomic E-state index is -1.69. The summed E-state index contributed by atoms with van der Waals surface area (Å²) in [5.41, 5.74) is 1.35. The summed E-state index contributed by atoms with van der Waals surface area (Å²) in [5.74, 6) is -2.27. The molecule has 0 fully saturated rings. The van der Waals surface area contributed by atoms with Crippen molar-refractivity contribution in [3.63, 3.8) is 0 Å². The Balaban J connectivity index is 1.70. The molecule has 202 valence electrons. The molecule has 1 aromatic heterocycles. The normalized spacial score (nSPS) is 12.3. The van der Waals surface area contributed by atoms with Gasteiger partial charge in [-0.05, 0) is 47.9 Å². The van der Waals surface area contributed by atoms with E-state index in [1.165, 1.54) is 18.2 Å². The van der Waals surface area contributed by atoms with Crippen molar-refractivity contribution in [1.29, 1.82) is 0 Å². The molecular weight excluding hydrogens is 527 g/mol. The zero-order valence-electron chi connectivity index (χ0n) is 20.0. The molecule has 0 aliphatic heterocycles. The van der Waals surface area contributed by atoms with Gasteiger partial charge >= 0.3 is 12.1 Å². The van der Waals surface area contributed by atoms with Crippen LogP contribution in [0.5, 0.6) is 0 Å². The van der Waals surface area contributed by atoms with E-state index in [9.17, 15) is 29.1 Å². The quantitative estimate of drug-likeness (QED) is 0.184. The standard InChI is InChI=1S/C24H24ClFN4O8/c1-2-36-24(34)38-13-37-23(33)21(31)11-17(27-22(32)20-12-30(35)29-28-20)9-14-3-5-15(6-4-14)18-10-16(25)7-8-19(18)26/h3-8,10,12,17,21,31,35H,2,9,11,13H2,1H3,(H,27,32). The Morgan fingerprint density at radius 1 is 1.13 bits per heavy atom. The first kappa shape index (κ1) is 28.3. The van der Waals surface area contributed by atoms with Gasteiger partial charge in [-0.15, -0.1) is 5.10 Å². The van der Waals surface area contributed by atoms with Gasteiger partial charge in [0.2, 0.25) is 6.79 Å². The van der Waals surface area contributed by atoms with Gasteiger partial charge in [-0.25, -0.2) is 14.0 Å². The van der Waals surface area contributed by atoms with Crippen molar-refractivity contribution in [3.05, 3.63) is 70.8 Å². The Kier molecular flexibility index (Phi) is 9.96. The number of carbonyl (C=O) groups is 3. The summed E-state index contributed by atoms with van der Waals surface area (Å²) in [6, 6.07) is 10.1. The molecule has 2 unspecified atom stereocenters. The number of aromatic nitrogens is 3. The fraction of sp³-hybridized carbons (Fsp3) is 0.292. The molecule has 0 aliphatic carbocycles. The van der Waals surface area contributed by atoms with Crippen LogP contribution < -0.4 is 5.32 Å². The Bertz CT molecular complexity index is 1270. The van der Waals surface area contributed by atoms with E-state index < -0.39 is 42.8 Å². The molecule has 0 saturated heterocycles. The van der Waals surface area contributed by atoms with Gasteiger partial charge in [0.25, 0.3) is 5.91 Å². The molecule has 3 N–H and O–H groups in total. The summed E-state index contributed by atoms with van der Waals surface area (Å²) >= 11 is 5.98. The van der Waals surface area contributed by atoms with Gasteiger partial charge in [0.15, 0.2) is 11.8 Å². The van der Waals surface area contributed by atoms with E-state index >= 15 is 0 Å². The molecule has 0 aliphatic rings. The highest BCUT2D eigenvalue weighted by molar-refractivity contribution is 6.30. The average molecular weight is 551 g/mol. The van der Waals surface area contributed by atoms with Crippen LogP contribution in [0, 0.1) is 5.82 Å². The first-order chi connectivity index (χ1) is 18.2. The first-order valence-electron chi connectivity index (χ1n) is 11.3. The van der Waals surface area contributed by atoms with Crippen LogP contribution in [0.25, 0.3) is 11.1 Å². The van der Waals surface area contributed by atoms with Gasteiger partial charge in [-0.1, -0.05) is 40.7 Å². The van der Waals surface area contributed by atoms with Crippen LogP contribution in [-0.2, 0) is 25.4 Å². The van der Waals surface area contributed by atoms with Crippen molar-refractivity contribution in [2.45, 2.75) is 31.9 Å². The lowest BCUT2D eigenvalue weighted by atomic mass is 9.97. The van der Waals surface area contributed by atoms with Gasteiger partial charge in [-0.3, -0.25) is 4.79 Å². The minimum absolute atomic E-state index is 0.0653. The molecule has 0 radical (unpaired) electrons. The predicted octanol–water partition coefficient (Wildman–Crippen LogP) is 2.74. The maximum atomic E-state index is 14.2. The molecular formula is C24H24ClFN4O8. The predicted molar refractivity (Wildman–Crippen MR) is 129 cm³/mol. The van der Waals surface area contributed by atoms with Crippen molar-refractivity contribution in [3.8, 4) is 11.1 Å². The maximum absolute atomic E-state index is 14.2. The number of rotatable bonds is 11. The number of ether oxygens (including phenoxy) is 3. The molecule has 38 heavy (non-hydrogen) atoms. The van der Waals surface area contributed by atoms with Gasteiger partial charge in [0, 0.05) is 23.0 Å². The zero-order valence-corrected chi connectivity index (χ0v) is 20.8. The van der Waals surface area contributed by atoms with E-state index in [1.54, 1.807) is 31.2 Å². The third-order valence-corrected chi connectivity index (χ3v) is 5.38. The monoisotopic (exact) mass is 550 g/mol. The Morgan fingerprint density at radius 3 is 2.53 bits per heavy atom. The van der Waals surface area contributed by atoms with Crippen molar-refractivity contribution in [2.75, 3.05) is 13.4 Å². The summed E-state index contributed by atoms with van der Waals surface area (Å²) in [6.45, 7) is 0.859. The summed E-state index contributed by atoms with van der Waals surface area (Å²) in [7, 11) is 0. The highest BCUT2D eigenvalue weighted by atomic mass is 35.5.